The summed E-state index contributed by atoms with van der Waals surface area (Å²) in [4.78, 5) is 13.3. The Hall–Kier alpha value is -2.31. The van der Waals surface area contributed by atoms with Crippen molar-refractivity contribution in [3.63, 3.8) is 0 Å². The summed E-state index contributed by atoms with van der Waals surface area (Å²) in [6.45, 7) is 13.1. The van der Waals surface area contributed by atoms with E-state index in [0.717, 1.165) is 16.6 Å². The molecule has 0 radical (unpaired) electrons. The highest BCUT2D eigenvalue weighted by molar-refractivity contribution is 6.62. The zero-order chi connectivity index (χ0) is 22.2. The Balaban J connectivity index is 1.73. The molecule has 0 spiro atoms. The van der Waals surface area contributed by atoms with Crippen molar-refractivity contribution < 1.29 is 19.2 Å². The zero-order valence-corrected chi connectivity index (χ0v) is 18.8. The van der Waals surface area contributed by atoms with Gasteiger partial charge < -0.3 is 19.3 Å². The van der Waals surface area contributed by atoms with Gasteiger partial charge in [0.1, 0.15) is 0 Å². The fraction of sp³-hybridized carbons (Fsp3) is 0.458. The summed E-state index contributed by atoms with van der Waals surface area (Å²) < 4.78 is 12.3. The molecule has 1 aliphatic heterocycles. The number of rotatable bonds is 6. The Labute approximate surface area is 180 Å². The van der Waals surface area contributed by atoms with Crippen LogP contribution in [0.15, 0.2) is 54.6 Å². The lowest BCUT2D eigenvalue weighted by molar-refractivity contribution is 0.00578. The molecule has 30 heavy (non-hydrogen) atoms. The predicted octanol–water partition coefficient (Wildman–Crippen LogP) is 4.44. The highest BCUT2D eigenvalue weighted by Crippen LogP contribution is 2.36. The normalized spacial score (nSPS) is 17.7. The first-order chi connectivity index (χ1) is 13.9. The molecule has 0 aliphatic carbocycles. The molecule has 0 atom stereocenters. The molecule has 0 saturated carbocycles. The summed E-state index contributed by atoms with van der Waals surface area (Å²) in [7, 11) is -0.402. The van der Waals surface area contributed by atoms with Crippen LogP contribution in [0.3, 0.4) is 0 Å². The maximum Gasteiger partial charge on any atom is 0.494 e. The van der Waals surface area contributed by atoms with Crippen molar-refractivity contribution in [2.75, 3.05) is 6.54 Å². The summed E-state index contributed by atoms with van der Waals surface area (Å²) in [6.07, 6.45) is -0.916. The molecule has 1 amide bonds. The van der Waals surface area contributed by atoms with Crippen LogP contribution >= 0.6 is 0 Å². The Morgan fingerprint density at radius 1 is 0.967 bits per heavy atom. The number of carbonyl (C=O) groups is 1. The van der Waals surface area contributed by atoms with Gasteiger partial charge in [-0.2, -0.15) is 0 Å². The van der Waals surface area contributed by atoms with E-state index < -0.39 is 13.2 Å². The molecule has 1 saturated heterocycles. The second kappa shape index (κ2) is 8.08. The minimum absolute atomic E-state index is 0.346. The summed E-state index contributed by atoms with van der Waals surface area (Å²) in [6, 6.07) is 17.8. The van der Waals surface area contributed by atoms with E-state index >= 15 is 0 Å². The molecule has 2 aromatic carbocycles. The number of carboxylic acid groups (broad SMARTS) is 1. The second-order valence-electron chi connectivity index (χ2n) is 9.72. The van der Waals surface area contributed by atoms with Gasteiger partial charge in [0.15, 0.2) is 0 Å². The van der Waals surface area contributed by atoms with Crippen LogP contribution in [0.5, 0.6) is 0 Å². The van der Waals surface area contributed by atoms with Crippen LogP contribution in [0.1, 0.15) is 52.7 Å². The molecule has 3 rings (SSSR count). The Bertz CT molecular complexity index is 862. The van der Waals surface area contributed by atoms with E-state index in [4.69, 9.17) is 9.31 Å². The molecule has 1 aliphatic rings. The molecule has 1 heterocycles. The highest BCUT2D eigenvalue weighted by Gasteiger charge is 2.51. The quantitative estimate of drug-likeness (QED) is 0.717. The van der Waals surface area contributed by atoms with Crippen LogP contribution < -0.4 is 5.46 Å². The number of amides is 1. The lowest BCUT2D eigenvalue weighted by atomic mass is 9.76. The third kappa shape index (κ3) is 4.71. The molecule has 6 heteroatoms. The first-order valence-electron chi connectivity index (χ1n) is 10.4. The topological polar surface area (TPSA) is 59.0 Å². The third-order valence-corrected chi connectivity index (χ3v) is 6.29. The second-order valence-corrected chi connectivity index (χ2v) is 9.72. The average molecular weight is 409 g/mol. The molecular weight excluding hydrogens is 377 g/mol. The van der Waals surface area contributed by atoms with Crippen molar-refractivity contribution in [3.05, 3.63) is 65.7 Å². The van der Waals surface area contributed by atoms with Gasteiger partial charge in [0.2, 0.25) is 0 Å². The van der Waals surface area contributed by atoms with E-state index in [1.807, 2.05) is 82.3 Å². The maximum atomic E-state index is 11.9. The molecule has 160 valence electrons. The molecular formula is C24H32BNO4. The average Bonchev–Trinajstić information content (AvgIpc) is 2.89. The van der Waals surface area contributed by atoms with E-state index in [1.54, 1.807) is 0 Å². The van der Waals surface area contributed by atoms with Gasteiger partial charge in [-0.1, -0.05) is 68.4 Å². The van der Waals surface area contributed by atoms with Crippen LogP contribution in [0.2, 0.25) is 0 Å². The van der Waals surface area contributed by atoms with Crippen molar-refractivity contribution in [2.24, 2.45) is 0 Å². The first-order valence-corrected chi connectivity index (χ1v) is 10.4. The first kappa shape index (κ1) is 22.4. The molecule has 0 aromatic heterocycles. The van der Waals surface area contributed by atoms with Crippen molar-refractivity contribution in [1.82, 2.24) is 4.90 Å². The van der Waals surface area contributed by atoms with Gasteiger partial charge >= 0.3 is 13.2 Å². The van der Waals surface area contributed by atoms with Crippen LogP contribution in [0.25, 0.3) is 0 Å². The zero-order valence-electron chi connectivity index (χ0n) is 18.8. The molecule has 2 aromatic rings. The standard InChI is InChI=1S/C24H32BNO4/c1-22(2,17-26(21(27)28)16-18-10-8-7-9-11-18)19-12-14-20(15-13-19)25-29-23(3,4)24(5,6)30-25/h7-15H,16-17H2,1-6H3,(H,27,28). The van der Waals surface area contributed by atoms with Gasteiger partial charge in [0.05, 0.1) is 11.2 Å². The van der Waals surface area contributed by atoms with Gasteiger partial charge in [0.25, 0.3) is 0 Å². The van der Waals surface area contributed by atoms with Gasteiger partial charge in [-0.3, -0.25) is 0 Å². The number of hydrogen-bond acceptors (Lipinski definition) is 3. The molecule has 0 bridgehead atoms. The van der Waals surface area contributed by atoms with Crippen molar-refractivity contribution in [2.45, 2.75) is 64.7 Å². The minimum atomic E-state index is -0.916. The number of hydrogen-bond donors (Lipinski definition) is 1. The SMILES string of the molecule is CC(C)(CN(Cc1ccccc1)C(=O)O)c1ccc(B2OC(C)(C)C(C)(C)O2)cc1. The summed E-state index contributed by atoms with van der Waals surface area (Å²) in [5.41, 5.74) is 1.91. The van der Waals surface area contributed by atoms with Crippen molar-refractivity contribution >= 4 is 18.7 Å². The Kier molecular flexibility index (Phi) is 6.03. The predicted molar refractivity (Wildman–Crippen MR) is 120 cm³/mol. The van der Waals surface area contributed by atoms with Gasteiger partial charge in [-0.25, -0.2) is 4.79 Å². The Morgan fingerprint density at radius 2 is 1.50 bits per heavy atom. The van der Waals surface area contributed by atoms with Crippen molar-refractivity contribution in [3.8, 4) is 0 Å². The highest BCUT2D eigenvalue weighted by atomic mass is 16.7. The van der Waals surface area contributed by atoms with E-state index in [1.165, 1.54) is 4.90 Å². The summed E-state index contributed by atoms with van der Waals surface area (Å²) in [5, 5.41) is 9.72. The van der Waals surface area contributed by atoms with E-state index in [2.05, 4.69) is 13.8 Å². The summed E-state index contributed by atoms with van der Waals surface area (Å²) >= 11 is 0. The van der Waals surface area contributed by atoms with E-state index in [0.29, 0.717) is 13.1 Å². The van der Waals surface area contributed by atoms with Crippen LogP contribution in [0, 0.1) is 0 Å². The minimum Gasteiger partial charge on any atom is -0.465 e. The summed E-state index contributed by atoms with van der Waals surface area (Å²) in [5.74, 6) is 0. The van der Waals surface area contributed by atoms with Crippen molar-refractivity contribution in [1.29, 1.82) is 0 Å². The lowest BCUT2D eigenvalue weighted by Gasteiger charge is -2.32. The lowest BCUT2D eigenvalue weighted by Crippen LogP contribution is -2.41. The van der Waals surface area contributed by atoms with E-state index in [-0.39, 0.29) is 16.6 Å². The number of benzene rings is 2. The molecule has 1 N–H and O–H groups in total. The molecule has 0 unspecified atom stereocenters. The molecule has 1 fully saturated rings. The Morgan fingerprint density at radius 3 is 2.00 bits per heavy atom. The van der Waals surface area contributed by atoms with Gasteiger partial charge in [-0.15, -0.1) is 0 Å². The fourth-order valence-electron chi connectivity index (χ4n) is 3.63. The van der Waals surface area contributed by atoms with Crippen LogP contribution in [-0.4, -0.2) is 41.0 Å². The van der Waals surface area contributed by atoms with Crippen LogP contribution in [0.4, 0.5) is 4.79 Å². The van der Waals surface area contributed by atoms with Gasteiger partial charge in [0, 0.05) is 18.5 Å². The smallest absolute Gasteiger partial charge is 0.465 e. The van der Waals surface area contributed by atoms with Gasteiger partial charge in [-0.05, 0) is 44.3 Å². The van der Waals surface area contributed by atoms with Crippen LogP contribution in [-0.2, 0) is 21.3 Å². The number of nitrogens with zero attached hydrogens (tertiary/aromatic N) is 1. The molecule has 5 nitrogen and oxygen atoms in total. The largest absolute Gasteiger partial charge is 0.494 e. The van der Waals surface area contributed by atoms with E-state index in [9.17, 15) is 9.90 Å². The fourth-order valence-corrected chi connectivity index (χ4v) is 3.63. The maximum absolute atomic E-state index is 11.9. The third-order valence-electron chi connectivity index (χ3n) is 6.29. The monoisotopic (exact) mass is 409 g/mol.